The van der Waals surface area contributed by atoms with Crippen LogP contribution in [0.2, 0.25) is 0 Å². The molecule has 0 bridgehead atoms. The molecule has 0 radical (unpaired) electrons. The highest BCUT2D eigenvalue weighted by Crippen LogP contribution is 2.44. The standard InChI is InChI=1S/C26H19F2NO5/c27-20-6-8-22(33-16-2-1-14(12-29)21(28)10-16)19-5-7-23(26(19)20)34-17-3-4-18-15(9-25(30)31)13-32-24(18)11-17/h1-4,6,8,10-11,15,23H,5,7,9,13H2,(H,30,31). The molecule has 1 aliphatic carbocycles. The van der Waals surface area contributed by atoms with E-state index in [2.05, 4.69) is 0 Å². The molecule has 0 spiro atoms. The Kier molecular flexibility index (Phi) is 5.54. The monoisotopic (exact) mass is 463 g/mol. The molecule has 2 aliphatic rings. The summed E-state index contributed by atoms with van der Waals surface area (Å²) < 4.78 is 46.3. The summed E-state index contributed by atoms with van der Waals surface area (Å²) in [7, 11) is 0. The first-order valence-electron chi connectivity index (χ1n) is 10.8. The lowest BCUT2D eigenvalue weighted by atomic mass is 9.98. The lowest BCUT2D eigenvalue weighted by Crippen LogP contribution is -2.07. The third kappa shape index (κ3) is 4.01. The van der Waals surface area contributed by atoms with E-state index in [-0.39, 0.29) is 23.7 Å². The topological polar surface area (TPSA) is 88.8 Å². The number of nitriles is 1. The molecule has 0 fully saturated rings. The van der Waals surface area contributed by atoms with E-state index in [0.717, 1.165) is 11.6 Å². The van der Waals surface area contributed by atoms with E-state index < -0.39 is 23.7 Å². The van der Waals surface area contributed by atoms with Crippen LogP contribution in [0.5, 0.6) is 23.0 Å². The van der Waals surface area contributed by atoms with Gasteiger partial charge in [-0.2, -0.15) is 5.26 Å². The Bertz CT molecular complexity index is 1330. The maximum absolute atomic E-state index is 14.8. The molecule has 0 saturated carbocycles. The van der Waals surface area contributed by atoms with Crippen molar-refractivity contribution in [3.05, 3.63) is 82.4 Å². The molecule has 34 heavy (non-hydrogen) atoms. The zero-order chi connectivity index (χ0) is 23.8. The van der Waals surface area contributed by atoms with Crippen LogP contribution < -0.4 is 14.2 Å². The van der Waals surface area contributed by atoms with Gasteiger partial charge in [0.25, 0.3) is 0 Å². The number of halogens is 2. The van der Waals surface area contributed by atoms with E-state index >= 15 is 0 Å². The van der Waals surface area contributed by atoms with Crippen LogP contribution in [0.1, 0.15) is 47.1 Å². The Morgan fingerprint density at radius 1 is 1.12 bits per heavy atom. The van der Waals surface area contributed by atoms with Crippen molar-refractivity contribution in [1.82, 2.24) is 0 Å². The van der Waals surface area contributed by atoms with Gasteiger partial charge in [-0.05, 0) is 43.2 Å². The summed E-state index contributed by atoms with van der Waals surface area (Å²) in [6.45, 7) is 0.294. The van der Waals surface area contributed by atoms with Crippen LogP contribution in [0.4, 0.5) is 8.78 Å². The summed E-state index contributed by atoms with van der Waals surface area (Å²) in [5.41, 5.74) is 1.77. The number of hydrogen-bond acceptors (Lipinski definition) is 5. The van der Waals surface area contributed by atoms with Gasteiger partial charge in [0, 0.05) is 34.7 Å². The second-order valence-electron chi connectivity index (χ2n) is 8.24. The number of fused-ring (bicyclic) bond motifs is 2. The smallest absolute Gasteiger partial charge is 0.304 e. The average Bonchev–Trinajstić information content (AvgIpc) is 3.40. The second kappa shape index (κ2) is 8.67. The Balaban J connectivity index is 1.37. The second-order valence-corrected chi connectivity index (χ2v) is 8.24. The molecule has 172 valence electrons. The molecular weight excluding hydrogens is 444 g/mol. The predicted molar refractivity (Wildman–Crippen MR) is 116 cm³/mol. The van der Waals surface area contributed by atoms with Gasteiger partial charge in [0.15, 0.2) is 0 Å². The van der Waals surface area contributed by atoms with Crippen molar-refractivity contribution in [2.24, 2.45) is 0 Å². The maximum Gasteiger partial charge on any atom is 0.304 e. The maximum atomic E-state index is 14.8. The molecule has 2 unspecified atom stereocenters. The van der Waals surface area contributed by atoms with Gasteiger partial charge in [0.05, 0.1) is 18.6 Å². The van der Waals surface area contributed by atoms with Crippen LogP contribution in [-0.4, -0.2) is 17.7 Å². The predicted octanol–water partition coefficient (Wildman–Crippen LogP) is 5.65. The van der Waals surface area contributed by atoms with Crippen LogP contribution in [-0.2, 0) is 11.2 Å². The Labute approximate surface area is 193 Å². The van der Waals surface area contributed by atoms with Crippen LogP contribution in [0.3, 0.4) is 0 Å². The molecule has 6 nitrogen and oxygen atoms in total. The van der Waals surface area contributed by atoms with E-state index in [9.17, 15) is 13.6 Å². The van der Waals surface area contributed by atoms with Gasteiger partial charge < -0.3 is 19.3 Å². The molecule has 0 aromatic heterocycles. The zero-order valence-electron chi connectivity index (χ0n) is 17.9. The van der Waals surface area contributed by atoms with Crippen molar-refractivity contribution in [2.75, 3.05) is 6.61 Å². The van der Waals surface area contributed by atoms with E-state index in [1.807, 2.05) is 0 Å². The normalized spacial score (nSPS) is 17.9. The van der Waals surface area contributed by atoms with Crippen molar-refractivity contribution >= 4 is 5.97 Å². The summed E-state index contributed by atoms with van der Waals surface area (Å²) >= 11 is 0. The highest BCUT2D eigenvalue weighted by Gasteiger charge is 2.32. The van der Waals surface area contributed by atoms with Gasteiger partial charge in [-0.3, -0.25) is 4.79 Å². The largest absolute Gasteiger partial charge is 0.492 e. The molecular formula is C26H19F2NO5. The number of nitrogens with zero attached hydrogens (tertiary/aromatic N) is 1. The molecule has 8 heteroatoms. The first-order chi connectivity index (χ1) is 16.4. The lowest BCUT2D eigenvalue weighted by molar-refractivity contribution is -0.137. The molecule has 1 aliphatic heterocycles. The third-order valence-electron chi connectivity index (χ3n) is 6.09. The molecule has 5 rings (SSSR count). The molecule has 3 aromatic rings. The highest BCUT2D eigenvalue weighted by molar-refractivity contribution is 5.68. The van der Waals surface area contributed by atoms with E-state index in [4.69, 9.17) is 24.6 Å². The van der Waals surface area contributed by atoms with E-state index in [1.165, 1.54) is 24.3 Å². The molecule has 0 amide bonds. The van der Waals surface area contributed by atoms with Crippen molar-refractivity contribution in [2.45, 2.75) is 31.3 Å². The van der Waals surface area contributed by atoms with Crippen LogP contribution in [0.15, 0.2) is 48.5 Å². The van der Waals surface area contributed by atoms with Gasteiger partial charge in [0.2, 0.25) is 0 Å². The Hall–Kier alpha value is -4.12. The Morgan fingerprint density at radius 2 is 1.94 bits per heavy atom. The summed E-state index contributed by atoms with van der Waals surface area (Å²) in [5, 5.41) is 17.9. The number of aliphatic carboxylic acids is 1. The number of carboxylic acids is 1. The first kappa shape index (κ1) is 21.7. The van der Waals surface area contributed by atoms with Gasteiger partial charge >= 0.3 is 5.97 Å². The fourth-order valence-corrected chi connectivity index (χ4v) is 4.51. The summed E-state index contributed by atoms with van der Waals surface area (Å²) in [5.74, 6) is -0.532. The molecule has 0 saturated heterocycles. The number of rotatable bonds is 6. The van der Waals surface area contributed by atoms with Gasteiger partial charge in [0.1, 0.15) is 46.8 Å². The quantitative estimate of drug-likeness (QED) is 0.509. The summed E-state index contributed by atoms with van der Waals surface area (Å²) in [4.78, 5) is 11.0. The van der Waals surface area contributed by atoms with Crippen molar-refractivity contribution in [3.8, 4) is 29.1 Å². The van der Waals surface area contributed by atoms with Gasteiger partial charge in [-0.1, -0.05) is 6.07 Å². The van der Waals surface area contributed by atoms with Gasteiger partial charge in [-0.25, -0.2) is 8.78 Å². The van der Waals surface area contributed by atoms with Crippen molar-refractivity contribution in [3.63, 3.8) is 0 Å². The number of carbonyl (C=O) groups is 1. The van der Waals surface area contributed by atoms with Crippen LogP contribution in [0, 0.1) is 23.0 Å². The highest BCUT2D eigenvalue weighted by atomic mass is 19.1. The van der Waals surface area contributed by atoms with Crippen molar-refractivity contribution < 1.29 is 32.9 Å². The number of ether oxygens (including phenoxy) is 3. The number of carboxylic acid groups (broad SMARTS) is 1. The molecule has 3 aromatic carbocycles. The average molecular weight is 463 g/mol. The van der Waals surface area contributed by atoms with E-state index in [1.54, 1.807) is 24.3 Å². The molecule has 1 N–H and O–H groups in total. The number of benzene rings is 3. The fraction of sp³-hybridized carbons (Fsp3) is 0.231. The zero-order valence-corrected chi connectivity index (χ0v) is 17.9. The number of hydrogen-bond donors (Lipinski definition) is 1. The minimum Gasteiger partial charge on any atom is -0.492 e. The minimum atomic E-state index is -0.887. The molecule has 2 atom stereocenters. The molecule has 1 heterocycles. The van der Waals surface area contributed by atoms with E-state index in [0.29, 0.717) is 47.8 Å². The van der Waals surface area contributed by atoms with Crippen LogP contribution in [0.25, 0.3) is 0 Å². The summed E-state index contributed by atoms with van der Waals surface area (Å²) in [6.07, 6.45) is 0.466. The summed E-state index contributed by atoms with van der Waals surface area (Å²) in [6, 6.07) is 13.7. The first-order valence-corrected chi connectivity index (χ1v) is 10.8. The lowest BCUT2D eigenvalue weighted by Gasteiger charge is -2.17. The van der Waals surface area contributed by atoms with Crippen molar-refractivity contribution in [1.29, 1.82) is 5.26 Å². The minimum absolute atomic E-state index is 0.0136. The third-order valence-corrected chi connectivity index (χ3v) is 6.09. The Morgan fingerprint density at radius 3 is 2.71 bits per heavy atom. The van der Waals surface area contributed by atoms with Crippen LogP contribution >= 0.6 is 0 Å². The SMILES string of the molecule is N#Cc1ccc(Oc2ccc(F)c3c2CCC3Oc2ccc3c(c2)OCC3CC(=O)O)cc1F. The van der Waals surface area contributed by atoms with Gasteiger partial charge in [-0.15, -0.1) is 0 Å². The fourth-order valence-electron chi connectivity index (χ4n) is 4.51.